The highest BCUT2D eigenvalue weighted by atomic mass is 16.2. The Balaban J connectivity index is 1.79. The summed E-state index contributed by atoms with van der Waals surface area (Å²) >= 11 is 0. The summed E-state index contributed by atoms with van der Waals surface area (Å²) in [7, 11) is 1.58. The van der Waals surface area contributed by atoms with Crippen LogP contribution in [0.3, 0.4) is 0 Å². The zero-order valence-electron chi connectivity index (χ0n) is 16.1. The number of hydrogen-bond donors (Lipinski definition) is 2. The summed E-state index contributed by atoms with van der Waals surface area (Å²) < 4.78 is 0. The molecule has 2 amide bonds. The van der Waals surface area contributed by atoms with Crippen LogP contribution in [0.1, 0.15) is 30.6 Å². The molecule has 144 valence electrons. The van der Waals surface area contributed by atoms with Gasteiger partial charge < -0.3 is 10.6 Å². The van der Waals surface area contributed by atoms with Gasteiger partial charge in [0.1, 0.15) is 11.2 Å². The molecular weight excluding hydrogens is 356 g/mol. The molecule has 1 aromatic carbocycles. The molecule has 1 atom stereocenters. The zero-order chi connectivity index (χ0) is 20.3. The number of nitrogens with one attached hydrogen (secondary N) is 2. The maximum absolute atomic E-state index is 12.9. The van der Waals surface area contributed by atoms with Crippen LogP contribution in [0.25, 0.3) is 0 Å². The van der Waals surface area contributed by atoms with E-state index < -0.39 is 5.41 Å². The first-order chi connectivity index (χ1) is 13.4. The third kappa shape index (κ3) is 3.39. The Morgan fingerprint density at radius 3 is 2.57 bits per heavy atom. The Labute approximate surface area is 163 Å². The molecule has 0 bridgehead atoms. The van der Waals surface area contributed by atoms with Gasteiger partial charge in [0.05, 0.1) is 6.07 Å². The summed E-state index contributed by atoms with van der Waals surface area (Å²) in [5.74, 6) is 0.334. The standard InChI is InChI=1S/C20H22N6O2/c1-13(2)20(12-21)9-11-26(18(20)28)16-8-10-23-19(25-16)24-15-6-4-14(5-7-15)17(27)22-3/h4-8,10,13H,9,11H2,1-3H3,(H,22,27)(H,23,24,25)/t20-/m1/s1. The first-order valence-electron chi connectivity index (χ1n) is 9.06. The summed E-state index contributed by atoms with van der Waals surface area (Å²) in [5.41, 5.74) is 0.256. The molecule has 2 N–H and O–H groups in total. The predicted octanol–water partition coefficient (Wildman–Crippen LogP) is 2.48. The molecule has 2 aromatic rings. The average molecular weight is 378 g/mol. The van der Waals surface area contributed by atoms with E-state index in [1.54, 1.807) is 48.5 Å². The first-order valence-corrected chi connectivity index (χ1v) is 9.06. The Bertz CT molecular complexity index is 934. The summed E-state index contributed by atoms with van der Waals surface area (Å²) in [6.07, 6.45) is 2.05. The molecule has 1 fully saturated rings. The van der Waals surface area contributed by atoms with Crippen molar-refractivity contribution in [3.8, 4) is 6.07 Å². The van der Waals surface area contributed by atoms with Gasteiger partial charge in [-0.05, 0) is 42.7 Å². The second-order valence-corrected chi connectivity index (χ2v) is 6.96. The van der Waals surface area contributed by atoms with Crippen LogP contribution in [-0.2, 0) is 4.79 Å². The largest absolute Gasteiger partial charge is 0.355 e. The lowest BCUT2D eigenvalue weighted by Crippen LogP contribution is -2.37. The van der Waals surface area contributed by atoms with E-state index in [0.717, 1.165) is 0 Å². The number of anilines is 3. The number of benzene rings is 1. The van der Waals surface area contributed by atoms with E-state index in [9.17, 15) is 14.9 Å². The minimum absolute atomic E-state index is 0.0757. The summed E-state index contributed by atoms with van der Waals surface area (Å²) in [6, 6.07) is 10.8. The molecule has 8 nitrogen and oxygen atoms in total. The second kappa shape index (κ2) is 7.64. The lowest BCUT2D eigenvalue weighted by molar-refractivity contribution is -0.124. The molecule has 1 aliphatic heterocycles. The van der Waals surface area contributed by atoms with E-state index in [-0.39, 0.29) is 17.7 Å². The molecule has 0 unspecified atom stereocenters. The maximum Gasteiger partial charge on any atom is 0.251 e. The van der Waals surface area contributed by atoms with Gasteiger partial charge in [0, 0.05) is 31.0 Å². The van der Waals surface area contributed by atoms with Crippen molar-refractivity contribution in [2.45, 2.75) is 20.3 Å². The van der Waals surface area contributed by atoms with Crippen molar-refractivity contribution < 1.29 is 9.59 Å². The quantitative estimate of drug-likeness (QED) is 0.827. The van der Waals surface area contributed by atoms with Crippen LogP contribution in [0.4, 0.5) is 17.5 Å². The minimum Gasteiger partial charge on any atom is -0.355 e. The normalized spacial score (nSPS) is 18.8. The fourth-order valence-electron chi connectivity index (χ4n) is 3.26. The van der Waals surface area contributed by atoms with Crippen LogP contribution in [-0.4, -0.2) is 35.4 Å². The average Bonchev–Trinajstić information content (AvgIpc) is 3.05. The second-order valence-electron chi connectivity index (χ2n) is 6.96. The SMILES string of the molecule is CNC(=O)c1ccc(Nc2nccc(N3CC[C@@](C#N)(C(C)C)C3=O)n2)cc1. The van der Waals surface area contributed by atoms with E-state index >= 15 is 0 Å². The van der Waals surface area contributed by atoms with Gasteiger partial charge in [-0.15, -0.1) is 0 Å². The third-order valence-electron chi connectivity index (χ3n) is 5.09. The van der Waals surface area contributed by atoms with Gasteiger partial charge in [0.15, 0.2) is 0 Å². The Morgan fingerprint density at radius 2 is 2.00 bits per heavy atom. The summed E-state index contributed by atoms with van der Waals surface area (Å²) in [5, 5.41) is 15.2. The predicted molar refractivity (Wildman–Crippen MR) is 105 cm³/mol. The van der Waals surface area contributed by atoms with Gasteiger partial charge in [-0.25, -0.2) is 4.98 Å². The Morgan fingerprint density at radius 1 is 1.29 bits per heavy atom. The molecule has 28 heavy (non-hydrogen) atoms. The van der Waals surface area contributed by atoms with Crippen LogP contribution < -0.4 is 15.5 Å². The van der Waals surface area contributed by atoms with Crippen LogP contribution in [0, 0.1) is 22.7 Å². The van der Waals surface area contributed by atoms with E-state index in [1.165, 1.54) is 0 Å². The van der Waals surface area contributed by atoms with E-state index in [4.69, 9.17) is 0 Å². The van der Waals surface area contributed by atoms with Crippen molar-refractivity contribution in [1.29, 1.82) is 5.26 Å². The fraction of sp³-hybridized carbons (Fsp3) is 0.350. The summed E-state index contributed by atoms with van der Waals surface area (Å²) in [4.78, 5) is 34.7. The Kier molecular flexibility index (Phi) is 5.27. The molecule has 1 aliphatic rings. The number of amides is 2. The molecule has 1 aromatic heterocycles. The first kappa shape index (κ1) is 19.3. The van der Waals surface area contributed by atoms with Gasteiger partial charge in [0.25, 0.3) is 5.91 Å². The fourth-order valence-corrected chi connectivity index (χ4v) is 3.26. The summed E-state index contributed by atoms with van der Waals surface area (Å²) in [6.45, 7) is 4.22. The number of carbonyl (C=O) groups excluding carboxylic acids is 2. The van der Waals surface area contributed by atoms with E-state index in [2.05, 4.69) is 26.7 Å². The molecule has 2 heterocycles. The van der Waals surface area contributed by atoms with Crippen LogP contribution in [0.2, 0.25) is 0 Å². The lowest BCUT2D eigenvalue weighted by atomic mass is 9.77. The number of hydrogen-bond acceptors (Lipinski definition) is 6. The van der Waals surface area contributed by atoms with Crippen molar-refractivity contribution in [3.63, 3.8) is 0 Å². The van der Waals surface area contributed by atoms with E-state index in [1.807, 2.05) is 13.8 Å². The monoisotopic (exact) mass is 378 g/mol. The van der Waals surface area contributed by atoms with Gasteiger partial charge in [0.2, 0.25) is 11.9 Å². The van der Waals surface area contributed by atoms with Gasteiger partial charge in [-0.2, -0.15) is 10.2 Å². The molecule has 0 aliphatic carbocycles. The number of nitriles is 1. The molecule has 0 radical (unpaired) electrons. The highest BCUT2D eigenvalue weighted by Crippen LogP contribution is 2.40. The van der Waals surface area contributed by atoms with Crippen LogP contribution in [0.15, 0.2) is 36.5 Å². The topological polar surface area (TPSA) is 111 Å². The van der Waals surface area contributed by atoms with Crippen LogP contribution >= 0.6 is 0 Å². The van der Waals surface area contributed by atoms with Gasteiger partial charge in [-0.3, -0.25) is 14.5 Å². The molecular formula is C20H22N6O2. The third-order valence-corrected chi connectivity index (χ3v) is 5.09. The molecule has 8 heteroatoms. The molecule has 0 spiro atoms. The number of nitrogens with zero attached hydrogens (tertiary/aromatic N) is 4. The Hall–Kier alpha value is -3.47. The van der Waals surface area contributed by atoms with E-state index in [0.29, 0.717) is 36.0 Å². The highest BCUT2D eigenvalue weighted by Gasteiger charge is 2.50. The maximum atomic E-state index is 12.9. The minimum atomic E-state index is -1.01. The van der Waals surface area contributed by atoms with Crippen molar-refractivity contribution in [1.82, 2.24) is 15.3 Å². The molecule has 0 saturated carbocycles. The van der Waals surface area contributed by atoms with Crippen molar-refractivity contribution in [2.24, 2.45) is 11.3 Å². The number of rotatable bonds is 5. The van der Waals surface area contributed by atoms with Crippen molar-refractivity contribution in [2.75, 3.05) is 23.8 Å². The van der Waals surface area contributed by atoms with Crippen molar-refractivity contribution in [3.05, 3.63) is 42.1 Å². The van der Waals surface area contributed by atoms with Crippen molar-refractivity contribution >= 4 is 29.3 Å². The van der Waals surface area contributed by atoms with Gasteiger partial charge >= 0.3 is 0 Å². The molecule has 3 rings (SSSR count). The zero-order valence-corrected chi connectivity index (χ0v) is 16.1. The van der Waals surface area contributed by atoms with Gasteiger partial charge in [-0.1, -0.05) is 13.8 Å². The number of aromatic nitrogens is 2. The number of carbonyl (C=O) groups is 2. The lowest BCUT2D eigenvalue weighted by Gasteiger charge is -2.24. The van der Waals surface area contributed by atoms with Crippen LogP contribution in [0.5, 0.6) is 0 Å². The highest BCUT2D eigenvalue weighted by molar-refractivity contribution is 6.01. The molecule has 1 saturated heterocycles. The smallest absolute Gasteiger partial charge is 0.251 e.